The number of benzene rings is 1. The maximum atomic E-state index is 5.68. The zero-order valence-electron chi connectivity index (χ0n) is 11.6. The summed E-state index contributed by atoms with van der Waals surface area (Å²) in [6.45, 7) is 2.03. The fourth-order valence-electron chi connectivity index (χ4n) is 1.49. The Morgan fingerprint density at radius 1 is 1.42 bits per heavy atom. The second kappa shape index (κ2) is 6.89. The van der Waals surface area contributed by atoms with Gasteiger partial charge in [0.2, 0.25) is 0 Å². The number of nitrogens with zero attached hydrogens (tertiary/aromatic N) is 3. The van der Waals surface area contributed by atoms with E-state index in [-0.39, 0.29) is 0 Å². The highest BCUT2D eigenvalue weighted by Crippen LogP contribution is 2.23. The maximum Gasteiger partial charge on any atom is 0.389 e. The van der Waals surface area contributed by atoms with Crippen LogP contribution in [0.5, 0.6) is 0 Å². The molecule has 1 aromatic rings. The Morgan fingerprint density at radius 3 is 2.63 bits per heavy atom. The number of anilines is 1. The second-order valence-electron chi connectivity index (χ2n) is 4.12. The van der Waals surface area contributed by atoms with Gasteiger partial charge in [0.25, 0.3) is 0 Å². The van der Waals surface area contributed by atoms with Crippen molar-refractivity contribution in [2.24, 2.45) is 16.0 Å². The minimum atomic E-state index is 0.293. The second-order valence-corrected chi connectivity index (χ2v) is 5.18. The highest BCUT2D eigenvalue weighted by Gasteiger charge is 2.12. The van der Waals surface area contributed by atoms with Crippen molar-refractivity contribution in [3.8, 4) is 0 Å². The molecule has 0 fully saturated rings. The summed E-state index contributed by atoms with van der Waals surface area (Å²) >= 11 is 1.14. The van der Waals surface area contributed by atoms with Gasteiger partial charge >= 0.3 is 10.3 Å². The molecule has 102 valence electrons. The largest absolute Gasteiger partial charge is 0.389 e. The number of hydrogen-bond donors (Lipinski definition) is 3. The number of nitrogens with one attached hydrogen (secondary N) is 1. The Labute approximate surface area is 117 Å². The van der Waals surface area contributed by atoms with E-state index in [1.54, 1.807) is 7.05 Å². The lowest BCUT2D eigenvalue weighted by Crippen LogP contribution is -2.70. The molecule has 7 heteroatoms. The van der Waals surface area contributed by atoms with Gasteiger partial charge in [-0.2, -0.15) is 0 Å². The van der Waals surface area contributed by atoms with Gasteiger partial charge in [-0.1, -0.05) is 0 Å². The molecule has 0 unspecified atom stereocenters. The molecule has 0 bridgehead atoms. The molecule has 0 amide bonds. The summed E-state index contributed by atoms with van der Waals surface area (Å²) in [6.07, 6.45) is 0. The number of nitrogens with two attached hydrogens (primary N) is 2. The molecule has 1 aromatic carbocycles. The van der Waals surface area contributed by atoms with E-state index >= 15 is 0 Å². The molecule has 0 aliphatic heterocycles. The molecule has 0 aliphatic rings. The normalized spacial score (nSPS) is 11.9. The summed E-state index contributed by atoms with van der Waals surface area (Å²) in [7, 11) is 5.72. The number of rotatable bonds is 2. The fourth-order valence-corrected chi connectivity index (χ4v) is 1.90. The van der Waals surface area contributed by atoms with Crippen LogP contribution in [-0.4, -0.2) is 31.5 Å². The zero-order valence-corrected chi connectivity index (χ0v) is 12.5. The van der Waals surface area contributed by atoms with Crippen molar-refractivity contribution in [2.75, 3.05) is 26.0 Å². The van der Waals surface area contributed by atoms with Gasteiger partial charge in [0.1, 0.15) is 5.69 Å². The van der Waals surface area contributed by atoms with Gasteiger partial charge in [-0.15, -0.1) is 0 Å². The van der Waals surface area contributed by atoms with Gasteiger partial charge in [-0.05, 0) is 35.8 Å². The smallest absolute Gasteiger partial charge is 0.377 e. The third-order valence-corrected chi connectivity index (χ3v) is 3.10. The number of azo groups is 1. The number of hydrogen-bond acceptors (Lipinski definition) is 3. The minimum Gasteiger partial charge on any atom is -0.377 e. The average Bonchev–Trinajstić information content (AvgIpc) is 2.35. The van der Waals surface area contributed by atoms with E-state index in [1.165, 1.54) is 0 Å². The van der Waals surface area contributed by atoms with E-state index in [2.05, 4.69) is 20.1 Å². The molecule has 0 aromatic heterocycles. The van der Waals surface area contributed by atoms with E-state index in [1.807, 2.05) is 39.2 Å². The first-order chi connectivity index (χ1) is 8.93. The van der Waals surface area contributed by atoms with Crippen LogP contribution in [0.2, 0.25) is 0 Å². The number of amidine groups is 2. The predicted molar refractivity (Wildman–Crippen MR) is 80.6 cm³/mol. The summed E-state index contributed by atoms with van der Waals surface area (Å²) in [5, 5.41) is 14.5. The lowest BCUT2D eigenvalue weighted by Gasteiger charge is -2.14. The SMILES string of the molecule is C[NH+]=C(N)SC(=[NH2+])N=Nc1ccc(N(C)C)c(C)c1. The van der Waals surface area contributed by atoms with Crippen LogP contribution in [-0.2, 0) is 0 Å². The molecule has 0 aliphatic carbocycles. The Balaban J connectivity index is 2.78. The van der Waals surface area contributed by atoms with E-state index in [0.717, 1.165) is 28.7 Å². The van der Waals surface area contributed by atoms with Crippen molar-refractivity contribution in [1.29, 1.82) is 0 Å². The van der Waals surface area contributed by atoms with Crippen molar-refractivity contribution in [3.05, 3.63) is 23.8 Å². The summed E-state index contributed by atoms with van der Waals surface area (Å²) < 4.78 is 0. The van der Waals surface area contributed by atoms with Crippen molar-refractivity contribution in [3.63, 3.8) is 0 Å². The molecule has 1 rings (SSSR count). The topological polar surface area (TPSA) is 93.5 Å². The molecule has 0 spiro atoms. The summed E-state index contributed by atoms with van der Waals surface area (Å²) in [5.41, 5.74) is 8.62. The molecular formula is C12H20N6S+2. The van der Waals surface area contributed by atoms with Crippen molar-refractivity contribution < 1.29 is 10.4 Å². The molecule has 6 nitrogen and oxygen atoms in total. The van der Waals surface area contributed by atoms with Crippen LogP contribution < -0.4 is 21.0 Å². The first kappa shape index (κ1) is 15.2. The summed E-state index contributed by atoms with van der Waals surface area (Å²) in [6, 6.07) is 5.86. The molecular weight excluding hydrogens is 260 g/mol. The third-order valence-electron chi connectivity index (χ3n) is 2.39. The first-order valence-corrected chi connectivity index (χ1v) is 6.56. The number of aryl methyl sites for hydroxylation is 1. The molecule has 0 atom stereocenters. The molecule has 19 heavy (non-hydrogen) atoms. The van der Waals surface area contributed by atoms with Gasteiger partial charge in [0.05, 0.1) is 23.9 Å². The third kappa shape index (κ3) is 4.70. The minimum absolute atomic E-state index is 0.293. The van der Waals surface area contributed by atoms with Crippen molar-refractivity contribution >= 4 is 33.5 Å². The maximum absolute atomic E-state index is 5.68. The monoisotopic (exact) mass is 280 g/mol. The van der Waals surface area contributed by atoms with Gasteiger partial charge in [-0.3, -0.25) is 16.1 Å². The van der Waals surface area contributed by atoms with Gasteiger partial charge in [0.15, 0.2) is 0 Å². The fraction of sp³-hybridized carbons (Fsp3) is 0.333. The lowest BCUT2D eigenvalue weighted by atomic mass is 10.1. The Bertz CT molecular complexity index is 521. The summed E-state index contributed by atoms with van der Waals surface area (Å²) in [4.78, 5) is 4.82. The highest BCUT2D eigenvalue weighted by atomic mass is 32.2. The standard InChI is InChI=1S/C12H18N6S/c1-8-7-9(5-6-10(8)18(3)4)16-17-12(14)19-11(13)15-2/h5-7,14H,1-4H3,(H2,13,15)/p+2. The molecule has 5 N–H and O–H groups in total. The predicted octanol–water partition coefficient (Wildman–Crippen LogP) is -0.982. The summed E-state index contributed by atoms with van der Waals surface area (Å²) in [5.74, 6) is 0. The van der Waals surface area contributed by atoms with Gasteiger partial charge in [0, 0.05) is 19.8 Å². The van der Waals surface area contributed by atoms with Crippen molar-refractivity contribution in [1.82, 2.24) is 0 Å². The zero-order chi connectivity index (χ0) is 14.4. The van der Waals surface area contributed by atoms with Gasteiger partial charge < -0.3 is 4.90 Å². The average molecular weight is 280 g/mol. The Morgan fingerprint density at radius 2 is 2.11 bits per heavy atom. The van der Waals surface area contributed by atoms with E-state index in [9.17, 15) is 0 Å². The van der Waals surface area contributed by atoms with Crippen LogP contribution in [0.25, 0.3) is 0 Å². The van der Waals surface area contributed by atoms with Crippen LogP contribution >= 0.6 is 11.8 Å². The highest BCUT2D eigenvalue weighted by molar-refractivity contribution is 8.25. The Kier molecular flexibility index (Phi) is 5.50. The van der Waals surface area contributed by atoms with Crippen LogP contribution in [0.4, 0.5) is 11.4 Å². The van der Waals surface area contributed by atoms with Crippen LogP contribution in [0, 0.1) is 6.92 Å². The lowest BCUT2D eigenvalue weighted by molar-refractivity contribution is -0.417. The Hall–Kier alpha value is -1.89. The first-order valence-electron chi connectivity index (χ1n) is 5.74. The molecule has 0 radical (unpaired) electrons. The van der Waals surface area contributed by atoms with E-state index in [4.69, 9.17) is 11.1 Å². The van der Waals surface area contributed by atoms with E-state index < -0.39 is 0 Å². The molecule has 0 heterocycles. The van der Waals surface area contributed by atoms with Crippen molar-refractivity contribution in [2.45, 2.75) is 6.92 Å². The molecule has 0 saturated heterocycles. The van der Waals surface area contributed by atoms with Gasteiger partial charge in [-0.25, -0.2) is 0 Å². The van der Waals surface area contributed by atoms with E-state index in [0.29, 0.717) is 10.3 Å². The molecule has 0 saturated carbocycles. The number of thioether (sulfide) groups is 1. The van der Waals surface area contributed by atoms with Crippen LogP contribution in [0.15, 0.2) is 28.4 Å². The van der Waals surface area contributed by atoms with Crippen LogP contribution in [0.1, 0.15) is 5.56 Å². The quantitative estimate of drug-likeness (QED) is 0.369. The van der Waals surface area contributed by atoms with Crippen LogP contribution in [0.3, 0.4) is 0 Å².